The number of rotatable bonds is 6. The van der Waals surface area contributed by atoms with E-state index in [9.17, 15) is 0 Å². The van der Waals surface area contributed by atoms with Crippen LogP contribution in [0.3, 0.4) is 0 Å². The second kappa shape index (κ2) is 6.67. The second-order valence-electron chi connectivity index (χ2n) is 3.36. The van der Waals surface area contributed by atoms with Crippen molar-refractivity contribution >= 4 is 5.82 Å². The molecule has 0 aromatic carbocycles. The first-order valence-electron chi connectivity index (χ1n) is 5.47. The lowest BCUT2D eigenvalue weighted by molar-refractivity contribution is 0.305. The van der Waals surface area contributed by atoms with Crippen LogP contribution in [0.5, 0.6) is 5.88 Å². The molecule has 0 aliphatic rings. The summed E-state index contributed by atoms with van der Waals surface area (Å²) in [6.45, 7) is 4.72. The molecule has 0 saturated heterocycles. The highest BCUT2D eigenvalue weighted by Gasteiger charge is 2.04. The van der Waals surface area contributed by atoms with Crippen LogP contribution in [-0.2, 0) is 0 Å². The van der Waals surface area contributed by atoms with Gasteiger partial charge in [-0.2, -0.15) is 0 Å². The molecular formula is C12H17N3O. The fourth-order valence-corrected chi connectivity index (χ4v) is 1.14. The van der Waals surface area contributed by atoms with Gasteiger partial charge in [-0.25, -0.2) is 9.97 Å². The van der Waals surface area contributed by atoms with Gasteiger partial charge in [0.05, 0.1) is 12.6 Å². The molecule has 0 bridgehead atoms. The summed E-state index contributed by atoms with van der Waals surface area (Å²) in [4.78, 5) is 8.10. The predicted molar refractivity (Wildman–Crippen MR) is 64.4 cm³/mol. The minimum absolute atomic E-state index is 0.00562. The Morgan fingerprint density at radius 1 is 1.50 bits per heavy atom. The van der Waals surface area contributed by atoms with E-state index in [1.807, 2.05) is 13.8 Å². The number of hydrogen-bond acceptors (Lipinski definition) is 4. The number of ether oxygens (including phenoxy) is 1. The average molecular weight is 219 g/mol. The van der Waals surface area contributed by atoms with E-state index in [1.54, 1.807) is 6.07 Å². The maximum atomic E-state index is 5.40. The minimum Gasteiger partial charge on any atom is -0.478 e. The van der Waals surface area contributed by atoms with Crippen molar-refractivity contribution < 1.29 is 4.74 Å². The van der Waals surface area contributed by atoms with Crippen molar-refractivity contribution in [3.8, 4) is 18.2 Å². The molecule has 1 heterocycles. The Morgan fingerprint density at radius 2 is 2.31 bits per heavy atom. The van der Waals surface area contributed by atoms with Crippen LogP contribution in [0.25, 0.3) is 0 Å². The highest BCUT2D eigenvalue weighted by Crippen LogP contribution is 2.12. The molecule has 1 atom stereocenters. The van der Waals surface area contributed by atoms with E-state index in [0.29, 0.717) is 18.3 Å². The highest BCUT2D eigenvalue weighted by molar-refractivity contribution is 5.40. The van der Waals surface area contributed by atoms with E-state index in [-0.39, 0.29) is 6.04 Å². The second-order valence-corrected chi connectivity index (χ2v) is 3.36. The van der Waals surface area contributed by atoms with Gasteiger partial charge >= 0.3 is 0 Å². The van der Waals surface area contributed by atoms with Crippen molar-refractivity contribution in [3.63, 3.8) is 0 Å². The first-order chi connectivity index (χ1) is 7.80. The summed E-state index contributed by atoms with van der Waals surface area (Å²) < 4.78 is 5.40. The molecule has 0 spiro atoms. The molecule has 1 rings (SSSR count). The van der Waals surface area contributed by atoms with Gasteiger partial charge in [0.15, 0.2) is 0 Å². The molecule has 1 unspecified atom stereocenters. The fourth-order valence-electron chi connectivity index (χ4n) is 1.14. The van der Waals surface area contributed by atoms with Crippen molar-refractivity contribution in [2.24, 2.45) is 0 Å². The van der Waals surface area contributed by atoms with Crippen molar-refractivity contribution in [1.29, 1.82) is 0 Å². The van der Waals surface area contributed by atoms with Crippen molar-refractivity contribution in [2.45, 2.75) is 32.7 Å². The lowest BCUT2D eigenvalue weighted by Crippen LogP contribution is -2.16. The zero-order chi connectivity index (χ0) is 11.8. The summed E-state index contributed by atoms with van der Waals surface area (Å²) in [5.74, 6) is 3.93. The van der Waals surface area contributed by atoms with Crippen LogP contribution in [0.15, 0.2) is 12.4 Å². The van der Waals surface area contributed by atoms with Gasteiger partial charge in [-0.3, -0.25) is 0 Å². The number of terminal acetylenes is 1. The number of hydrogen-bond donors (Lipinski definition) is 1. The Bertz CT molecular complexity index is 360. The number of nitrogens with one attached hydrogen (secondary N) is 1. The summed E-state index contributed by atoms with van der Waals surface area (Å²) in [6.07, 6.45) is 8.64. The van der Waals surface area contributed by atoms with Crippen molar-refractivity contribution in [2.75, 3.05) is 11.9 Å². The first kappa shape index (κ1) is 12.3. The van der Waals surface area contributed by atoms with Crippen molar-refractivity contribution in [1.82, 2.24) is 9.97 Å². The van der Waals surface area contributed by atoms with E-state index < -0.39 is 0 Å². The van der Waals surface area contributed by atoms with Gasteiger partial charge in [-0.1, -0.05) is 19.8 Å². The highest BCUT2D eigenvalue weighted by atomic mass is 16.5. The summed E-state index contributed by atoms with van der Waals surface area (Å²) in [5.41, 5.74) is 0. The van der Waals surface area contributed by atoms with Crippen LogP contribution in [0, 0.1) is 12.3 Å². The molecule has 0 aliphatic heterocycles. The predicted octanol–water partition coefficient (Wildman–Crippen LogP) is 2.09. The van der Waals surface area contributed by atoms with Crippen LogP contribution in [0.4, 0.5) is 5.82 Å². The molecule has 4 nitrogen and oxygen atoms in total. The molecule has 1 aromatic heterocycles. The molecule has 0 fully saturated rings. The summed E-state index contributed by atoms with van der Waals surface area (Å²) in [7, 11) is 0. The monoisotopic (exact) mass is 219 g/mol. The standard InChI is InChI=1S/C12H17N3O/c1-4-7-16-12-8-11(13-9-14-12)15-10(5-2)6-3/h2,8-10H,4,6-7H2,1,3H3,(H,13,14,15). The van der Waals surface area contributed by atoms with E-state index in [4.69, 9.17) is 11.2 Å². The fraction of sp³-hybridized carbons (Fsp3) is 0.500. The summed E-state index contributed by atoms with van der Waals surface area (Å²) in [5, 5.41) is 3.13. The van der Waals surface area contributed by atoms with Gasteiger partial charge in [-0.05, 0) is 12.8 Å². The minimum atomic E-state index is -0.00562. The Kier molecular flexibility index (Phi) is 5.13. The number of aromatic nitrogens is 2. The molecule has 0 saturated carbocycles. The Balaban J connectivity index is 2.63. The van der Waals surface area contributed by atoms with E-state index in [2.05, 4.69) is 21.2 Å². The maximum absolute atomic E-state index is 5.40. The average Bonchev–Trinajstić information content (AvgIpc) is 2.34. The van der Waals surface area contributed by atoms with Gasteiger partial charge in [0, 0.05) is 6.07 Å². The Hall–Kier alpha value is -1.76. The summed E-state index contributed by atoms with van der Waals surface area (Å²) in [6, 6.07) is 1.75. The summed E-state index contributed by atoms with van der Waals surface area (Å²) >= 11 is 0. The normalized spacial score (nSPS) is 11.6. The third kappa shape index (κ3) is 3.77. The molecule has 1 aromatic rings. The Labute approximate surface area is 96.5 Å². The van der Waals surface area contributed by atoms with Crippen LogP contribution in [-0.4, -0.2) is 22.6 Å². The molecule has 1 N–H and O–H groups in total. The smallest absolute Gasteiger partial charge is 0.218 e. The number of nitrogens with zero attached hydrogens (tertiary/aromatic N) is 2. The zero-order valence-corrected chi connectivity index (χ0v) is 9.73. The SMILES string of the molecule is C#CC(CC)Nc1cc(OCCC)ncn1. The van der Waals surface area contributed by atoms with Gasteiger partial charge in [-0.15, -0.1) is 6.42 Å². The molecule has 0 amide bonds. The zero-order valence-electron chi connectivity index (χ0n) is 9.73. The largest absolute Gasteiger partial charge is 0.478 e. The lowest BCUT2D eigenvalue weighted by Gasteiger charge is -2.11. The Morgan fingerprint density at radius 3 is 2.94 bits per heavy atom. The molecule has 4 heteroatoms. The molecule has 0 aliphatic carbocycles. The maximum Gasteiger partial charge on any atom is 0.218 e. The third-order valence-electron chi connectivity index (χ3n) is 2.03. The van der Waals surface area contributed by atoms with Gasteiger partial charge < -0.3 is 10.1 Å². The molecular weight excluding hydrogens is 202 g/mol. The van der Waals surface area contributed by atoms with Crippen molar-refractivity contribution in [3.05, 3.63) is 12.4 Å². The van der Waals surface area contributed by atoms with Gasteiger partial charge in [0.1, 0.15) is 12.1 Å². The van der Waals surface area contributed by atoms with Crippen LogP contribution in [0.2, 0.25) is 0 Å². The van der Waals surface area contributed by atoms with Gasteiger partial charge in [0.25, 0.3) is 0 Å². The topological polar surface area (TPSA) is 47.0 Å². The van der Waals surface area contributed by atoms with Gasteiger partial charge in [0.2, 0.25) is 5.88 Å². The van der Waals surface area contributed by atoms with Crippen LogP contribution < -0.4 is 10.1 Å². The first-order valence-corrected chi connectivity index (χ1v) is 5.47. The molecule has 16 heavy (non-hydrogen) atoms. The van der Waals surface area contributed by atoms with E-state index in [1.165, 1.54) is 6.33 Å². The quantitative estimate of drug-likeness (QED) is 0.744. The van der Waals surface area contributed by atoms with Crippen LogP contribution in [0.1, 0.15) is 26.7 Å². The van der Waals surface area contributed by atoms with E-state index in [0.717, 1.165) is 12.8 Å². The third-order valence-corrected chi connectivity index (χ3v) is 2.03. The lowest BCUT2D eigenvalue weighted by atomic mass is 10.2. The molecule has 86 valence electrons. The molecule has 0 radical (unpaired) electrons. The van der Waals surface area contributed by atoms with E-state index >= 15 is 0 Å². The number of anilines is 1. The van der Waals surface area contributed by atoms with Crippen LogP contribution >= 0.6 is 0 Å².